The normalized spacial score (nSPS) is 12.8. The van der Waals surface area contributed by atoms with E-state index in [-0.39, 0.29) is 31.1 Å². The lowest BCUT2D eigenvalue weighted by Gasteiger charge is -2.18. The summed E-state index contributed by atoms with van der Waals surface area (Å²) in [5.41, 5.74) is 0. The molecular weight excluding hydrogens is 841 g/mol. The smallest absolute Gasteiger partial charge is 0.306 e. The van der Waals surface area contributed by atoms with Crippen LogP contribution >= 0.6 is 0 Å². The second-order valence-corrected chi connectivity index (χ2v) is 18.7. The summed E-state index contributed by atoms with van der Waals surface area (Å²) in [6.45, 7) is 6.46. The van der Waals surface area contributed by atoms with Gasteiger partial charge in [-0.15, -0.1) is 0 Å². The summed E-state index contributed by atoms with van der Waals surface area (Å²) in [7, 11) is 0. The lowest BCUT2D eigenvalue weighted by atomic mass is 10.0. The molecule has 0 spiro atoms. The van der Waals surface area contributed by atoms with Crippen molar-refractivity contribution in [3.05, 3.63) is 97.2 Å². The molecule has 0 N–H and O–H groups in total. The first kappa shape index (κ1) is 64.3. The minimum atomic E-state index is -0.800. The van der Waals surface area contributed by atoms with Crippen molar-refractivity contribution in [3.63, 3.8) is 0 Å². The van der Waals surface area contributed by atoms with E-state index in [2.05, 4.69) is 45.1 Å². The molecule has 0 radical (unpaired) electrons. The Labute approximate surface area is 419 Å². The van der Waals surface area contributed by atoms with Crippen LogP contribution in [-0.2, 0) is 28.6 Å². The quantitative estimate of drug-likeness (QED) is 0.0199. The first-order chi connectivity index (χ1) is 33.5. The Morgan fingerprint density at radius 2 is 0.588 bits per heavy atom. The van der Waals surface area contributed by atoms with E-state index in [0.29, 0.717) is 19.3 Å². The van der Waals surface area contributed by atoms with Crippen molar-refractivity contribution in [2.24, 2.45) is 0 Å². The highest BCUT2D eigenvalue weighted by Crippen LogP contribution is 2.15. The van der Waals surface area contributed by atoms with Crippen LogP contribution in [0.5, 0.6) is 0 Å². The molecule has 6 nitrogen and oxygen atoms in total. The lowest BCUT2D eigenvalue weighted by molar-refractivity contribution is -0.167. The van der Waals surface area contributed by atoms with Gasteiger partial charge in [-0.25, -0.2) is 0 Å². The fourth-order valence-corrected chi connectivity index (χ4v) is 7.77. The highest BCUT2D eigenvalue weighted by molar-refractivity contribution is 5.71. The van der Waals surface area contributed by atoms with Gasteiger partial charge in [0, 0.05) is 19.3 Å². The van der Waals surface area contributed by atoms with E-state index in [1.54, 1.807) is 0 Å². The maximum Gasteiger partial charge on any atom is 0.306 e. The molecular formula is C62H104O6. The van der Waals surface area contributed by atoms with Crippen molar-refractivity contribution < 1.29 is 28.6 Å². The Balaban J connectivity index is 4.50. The second kappa shape index (κ2) is 55.9. The molecule has 0 bridgehead atoms. The number of esters is 3. The molecule has 0 fully saturated rings. The zero-order valence-electron chi connectivity index (χ0n) is 44.3. The molecule has 0 rings (SSSR count). The maximum absolute atomic E-state index is 12.8. The van der Waals surface area contributed by atoms with Gasteiger partial charge in [-0.3, -0.25) is 14.4 Å². The van der Waals surface area contributed by atoms with Crippen molar-refractivity contribution in [2.45, 2.75) is 264 Å². The molecule has 0 aromatic heterocycles. The van der Waals surface area contributed by atoms with Gasteiger partial charge < -0.3 is 14.2 Å². The van der Waals surface area contributed by atoms with Crippen LogP contribution in [-0.4, -0.2) is 37.2 Å². The van der Waals surface area contributed by atoms with Crippen molar-refractivity contribution in [1.29, 1.82) is 0 Å². The van der Waals surface area contributed by atoms with Gasteiger partial charge in [0.25, 0.3) is 0 Å². The Kier molecular flexibility index (Phi) is 52.9. The first-order valence-electron chi connectivity index (χ1n) is 28.3. The zero-order valence-corrected chi connectivity index (χ0v) is 44.3. The number of unbranched alkanes of at least 4 members (excludes halogenated alkanes) is 29. The summed E-state index contributed by atoms with van der Waals surface area (Å²) in [4.78, 5) is 38.1. The molecule has 0 aliphatic carbocycles. The minimum Gasteiger partial charge on any atom is -0.462 e. The molecule has 388 valence electrons. The summed E-state index contributed by atoms with van der Waals surface area (Å²) in [5.74, 6) is -0.944. The highest BCUT2D eigenvalue weighted by atomic mass is 16.6. The van der Waals surface area contributed by atoms with Crippen LogP contribution in [0.25, 0.3) is 0 Å². The van der Waals surface area contributed by atoms with Crippen LogP contribution in [0.4, 0.5) is 0 Å². The number of carbonyl (C=O) groups excluding carboxylic acids is 3. The minimum absolute atomic E-state index is 0.0943. The fourth-order valence-electron chi connectivity index (χ4n) is 7.77. The highest BCUT2D eigenvalue weighted by Gasteiger charge is 2.19. The van der Waals surface area contributed by atoms with Crippen LogP contribution in [0.1, 0.15) is 258 Å². The van der Waals surface area contributed by atoms with Crippen LogP contribution in [0.3, 0.4) is 0 Å². The van der Waals surface area contributed by atoms with Gasteiger partial charge in [-0.2, -0.15) is 0 Å². The molecule has 0 aromatic rings. The number of carbonyl (C=O) groups is 3. The van der Waals surface area contributed by atoms with E-state index < -0.39 is 6.10 Å². The molecule has 68 heavy (non-hydrogen) atoms. The van der Waals surface area contributed by atoms with E-state index in [1.807, 2.05) is 72.9 Å². The first-order valence-corrected chi connectivity index (χ1v) is 28.3. The molecule has 0 aliphatic heterocycles. The van der Waals surface area contributed by atoms with Gasteiger partial charge in [-0.1, -0.05) is 272 Å². The predicted molar refractivity (Wildman–Crippen MR) is 293 cm³/mol. The third-order valence-electron chi connectivity index (χ3n) is 12.0. The van der Waals surface area contributed by atoms with Crippen LogP contribution < -0.4 is 0 Å². The summed E-state index contributed by atoms with van der Waals surface area (Å²) in [6.07, 6.45) is 73.9. The number of hydrogen-bond acceptors (Lipinski definition) is 6. The van der Waals surface area contributed by atoms with Gasteiger partial charge in [0.15, 0.2) is 6.10 Å². The maximum atomic E-state index is 12.8. The Bertz CT molecular complexity index is 1360. The Hall–Kier alpha value is -3.67. The standard InChI is InChI=1S/C62H104O6/c1-4-7-10-13-16-19-22-25-28-30-31-32-35-37-40-43-46-49-52-55-61(64)67-58-59(57-66-60(63)54-51-48-45-42-39-36-33-27-24-21-18-15-12-9-6-3)68-62(65)56-53-50-47-44-41-38-34-29-26-23-20-17-14-11-8-5-2/h7,10,13,16,19,22,25,28-32,34-35,37,40,59H,4-6,8-9,11-12,14-15,17-18,20-21,23-24,26-27,33,36,38-39,41-58H2,1-3H3/b10-7-,16-13-,22-19-,28-25-,31-30+,34-29-,35-32-,40-37-. The number of ether oxygens (including phenoxy) is 3. The molecule has 6 heteroatoms. The van der Waals surface area contributed by atoms with Gasteiger partial charge in [0.1, 0.15) is 13.2 Å². The fraction of sp³-hybridized carbons (Fsp3) is 0.694. The number of allylic oxidation sites excluding steroid dienone is 16. The summed E-state index contributed by atoms with van der Waals surface area (Å²) in [5, 5.41) is 0. The number of hydrogen-bond donors (Lipinski definition) is 0. The van der Waals surface area contributed by atoms with E-state index in [4.69, 9.17) is 14.2 Å². The topological polar surface area (TPSA) is 78.9 Å². The predicted octanol–water partition coefficient (Wildman–Crippen LogP) is 18.9. The van der Waals surface area contributed by atoms with Gasteiger partial charge in [0.2, 0.25) is 0 Å². The largest absolute Gasteiger partial charge is 0.462 e. The van der Waals surface area contributed by atoms with E-state index >= 15 is 0 Å². The van der Waals surface area contributed by atoms with Gasteiger partial charge in [0.05, 0.1) is 0 Å². The SMILES string of the molecule is CC\C=C/C=C\C=C/C=C\C=C\C=C/C=C\CCCCCC(=O)OCC(COC(=O)CCCCCCCCCCCCCCCCC)OC(=O)CCCCCCC/C=C\CCCCCCCCC. The molecule has 0 aliphatic rings. The van der Waals surface area contributed by atoms with Crippen molar-refractivity contribution in [2.75, 3.05) is 13.2 Å². The summed E-state index contributed by atoms with van der Waals surface area (Å²) in [6, 6.07) is 0. The van der Waals surface area contributed by atoms with Crippen LogP contribution in [0.15, 0.2) is 97.2 Å². The third-order valence-corrected chi connectivity index (χ3v) is 12.0. The molecule has 0 amide bonds. The Morgan fingerprint density at radius 1 is 0.309 bits per heavy atom. The zero-order chi connectivity index (χ0) is 49.3. The van der Waals surface area contributed by atoms with Gasteiger partial charge in [-0.05, 0) is 64.2 Å². The monoisotopic (exact) mass is 945 g/mol. The summed E-state index contributed by atoms with van der Waals surface area (Å²) < 4.78 is 16.8. The molecule has 0 heterocycles. The van der Waals surface area contributed by atoms with E-state index in [0.717, 1.165) is 83.5 Å². The molecule has 0 aromatic carbocycles. The van der Waals surface area contributed by atoms with Crippen LogP contribution in [0, 0.1) is 0 Å². The molecule has 0 saturated carbocycles. The molecule has 0 saturated heterocycles. The lowest BCUT2D eigenvalue weighted by Crippen LogP contribution is -2.30. The van der Waals surface area contributed by atoms with E-state index in [9.17, 15) is 14.4 Å². The summed E-state index contributed by atoms with van der Waals surface area (Å²) >= 11 is 0. The third kappa shape index (κ3) is 53.3. The van der Waals surface area contributed by atoms with E-state index in [1.165, 1.54) is 135 Å². The average Bonchev–Trinajstić information content (AvgIpc) is 3.34. The Morgan fingerprint density at radius 3 is 0.956 bits per heavy atom. The van der Waals surface area contributed by atoms with Crippen molar-refractivity contribution in [1.82, 2.24) is 0 Å². The second-order valence-electron chi connectivity index (χ2n) is 18.7. The van der Waals surface area contributed by atoms with Crippen molar-refractivity contribution >= 4 is 17.9 Å². The number of rotatable bonds is 50. The molecule has 1 unspecified atom stereocenters. The van der Waals surface area contributed by atoms with Crippen LogP contribution in [0.2, 0.25) is 0 Å². The average molecular weight is 946 g/mol. The van der Waals surface area contributed by atoms with Crippen molar-refractivity contribution in [3.8, 4) is 0 Å². The van der Waals surface area contributed by atoms with Gasteiger partial charge >= 0.3 is 17.9 Å². The molecule has 1 atom stereocenters.